The molecule has 0 aliphatic heterocycles. The van der Waals surface area contributed by atoms with Gasteiger partial charge in [-0.1, -0.05) is 27.7 Å². The fraction of sp³-hybridized carbons (Fsp3) is 0.950. The smallest absolute Gasteiger partial charge is 0.138 e. The maximum absolute atomic E-state index is 12.5. The molecule has 0 radical (unpaired) electrons. The topological polar surface area (TPSA) is 17.1 Å². The maximum atomic E-state index is 12.5. The number of carbonyl (C=O) groups is 1. The molecule has 6 aliphatic rings. The third-order valence-electron chi connectivity index (χ3n) is 9.66. The van der Waals surface area contributed by atoms with Crippen molar-refractivity contribution in [1.82, 2.24) is 0 Å². The van der Waals surface area contributed by atoms with Gasteiger partial charge in [-0.05, 0) is 78.4 Å². The summed E-state index contributed by atoms with van der Waals surface area (Å²) in [4.78, 5) is 12.5. The molecule has 7 atom stereocenters. The minimum absolute atomic E-state index is 0.0674. The van der Waals surface area contributed by atoms with E-state index in [0.717, 1.165) is 29.6 Å². The van der Waals surface area contributed by atoms with E-state index in [1.54, 1.807) is 0 Å². The fourth-order valence-electron chi connectivity index (χ4n) is 8.64. The van der Waals surface area contributed by atoms with Crippen molar-refractivity contribution >= 4 is 5.78 Å². The van der Waals surface area contributed by atoms with Gasteiger partial charge in [0, 0.05) is 11.8 Å². The van der Waals surface area contributed by atoms with E-state index in [4.69, 9.17) is 0 Å². The van der Waals surface area contributed by atoms with Crippen molar-refractivity contribution in [2.24, 2.45) is 45.3 Å². The Morgan fingerprint density at radius 3 is 2.38 bits per heavy atom. The molecule has 6 fully saturated rings. The summed E-state index contributed by atoms with van der Waals surface area (Å²) in [5.41, 5.74) is 1.79. The monoisotopic (exact) mass is 286 g/mol. The third-order valence-corrected chi connectivity index (χ3v) is 9.66. The van der Waals surface area contributed by atoms with Crippen LogP contribution in [-0.2, 0) is 4.79 Å². The van der Waals surface area contributed by atoms with Crippen LogP contribution in [0.4, 0.5) is 0 Å². The number of rotatable bonds is 0. The maximum Gasteiger partial charge on any atom is 0.138 e. The first-order chi connectivity index (χ1) is 9.74. The fourth-order valence-corrected chi connectivity index (χ4v) is 8.64. The number of ketones is 1. The van der Waals surface area contributed by atoms with Crippen LogP contribution in [-0.4, -0.2) is 5.78 Å². The Bertz CT molecular complexity index is 548. The highest BCUT2D eigenvalue weighted by molar-refractivity contribution is 5.85. The van der Waals surface area contributed by atoms with Crippen molar-refractivity contribution in [1.29, 1.82) is 0 Å². The summed E-state index contributed by atoms with van der Waals surface area (Å²) >= 11 is 0. The van der Waals surface area contributed by atoms with Gasteiger partial charge in [0.15, 0.2) is 0 Å². The van der Waals surface area contributed by atoms with Crippen LogP contribution in [0.25, 0.3) is 0 Å². The lowest BCUT2D eigenvalue weighted by Gasteiger charge is -2.64. The molecule has 21 heavy (non-hydrogen) atoms. The van der Waals surface area contributed by atoms with Crippen molar-refractivity contribution in [2.45, 2.75) is 72.6 Å². The van der Waals surface area contributed by atoms with Gasteiger partial charge >= 0.3 is 0 Å². The average Bonchev–Trinajstić information content (AvgIpc) is 2.86. The summed E-state index contributed by atoms with van der Waals surface area (Å²) in [7, 11) is 0. The molecule has 116 valence electrons. The molecule has 6 rings (SSSR count). The molecular weight excluding hydrogens is 256 g/mol. The number of carbonyl (C=O) groups excluding carboxylic acids is 1. The Morgan fingerprint density at radius 1 is 0.952 bits per heavy atom. The van der Waals surface area contributed by atoms with Gasteiger partial charge in [0.25, 0.3) is 0 Å². The molecule has 1 nitrogen and oxygen atoms in total. The number of hydrogen-bond acceptors (Lipinski definition) is 1. The van der Waals surface area contributed by atoms with Gasteiger partial charge in [0.05, 0.1) is 0 Å². The van der Waals surface area contributed by atoms with Crippen molar-refractivity contribution in [3.05, 3.63) is 0 Å². The first-order valence-electron chi connectivity index (χ1n) is 9.27. The number of fused-ring (bicyclic) bond motifs is 1. The highest BCUT2D eigenvalue weighted by Crippen LogP contribution is 2.85. The molecule has 0 aromatic carbocycles. The van der Waals surface area contributed by atoms with Crippen molar-refractivity contribution in [3.63, 3.8) is 0 Å². The Hall–Kier alpha value is -0.330. The highest BCUT2D eigenvalue weighted by Gasteiger charge is 2.78. The summed E-state index contributed by atoms with van der Waals surface area (Å²) in [5.74, 6) is 4.23. The lowest BCUT2D eigenvalue weighted by molar-refractivity contribution is -0.172. The summed E-state index contributed by atoms with van der Waals surface area (Å²) in [5, 5.41) is 0. The standard InChI is InChI=1S/C20H30O/c1-17(2)14-5-8-20-10-13-12(19(13,4)11-20)9-15(20)18(14,3)7-6-16(17)21/h12-15H,5-11H2,1-4H3/t12-,13+,14-,15+,18-,19-,20+/m1/s1. The molecule has 0 unspecified atom stereocenters. The van der Waals surface area contributed by atoms with E-state index in [1.807, 2.05) is 0 Å². The molecule has 4 bridgehead atoms. The number of hydrogen-bond donors (Lipinski definition) is 0. The second-order valence-corrected chi connectivity index (χ2v) is 10.5. The molecule has 0 aromatic rings. The summed E-state index contributed by atoms with van der Waals surface area (Å²) in [6, 6.07) is 0. The van der Waals surface area contributed by atoms with E-state index in [9.17, 15) is 4.79 Å². The average molecular weight is 286 g/mol. The Labute approximate surface area is 129 Å². The van der Waals surface area contributed by atoms with Crippen LogP contribution in [0.2, 0.25) is 0 Å². The molecular formula is C20H30O. The van der Waals surface area contributed by atoms with E-state index < -0.39 is 0 Å². The molecule has 1 heteroatoms. The van der Waals surface area contributed by atoms with E-state index in [2.05, 4.69) is 27.7 Å². The summed E-state index contributed by atoms with van der Waals surface area (Å²) in [6.45, 7) is 9.66. The van der Waals surface area contributed by atoms with Crippen molar-refractivity contribution < 1.29 is 4.79 Å². The van der Waals surface area contributed by atoms with Crippen LogP contribution in [0.3, 0.4) is 0 Å². The largest absolute Gasteiger partial charge is 0.299 e. The van der Waals surface area contributed by atoms with Crippen LogP contribution < -0.4 is 0 Å². The van der Waals surface area contributed by atoms with Crippen LogP contribution in [0.1, 0.15) is 72.6 Å². The van der Waals surface area contributed by atoms with Gasteiger partial charge in [-0.15, -0.1) is 0 Å². The molecule has 0 amide bonds. The normalized spacial score (nSPS) is 63.0. The van der Waals surface area contributed by atoms with Crippen molar-refractivity contribution in [2.75, 3.05) is 0 Å². The predicted molar refractivity (Wildman–Crippen MR) is 83.7 cm³/mol. The van der Waals surface area contributed by atoms with Crippen LogP contribution >= 0.6 is 0 Å². The summed E-state index contributed by atoms with van der Waals surface area (Å²) < 4.78 is 0. The van der Waals surface area contributed by atoms with E-state index in [-0.39, 0.29) is 5.41 Å². The van der Waals surface area contributed by atoms with Gasteiger partial charge in [0.2, 0.25) is 0 Å². The molecule has 6 saturated carbocycles. The second kappa shape index (κ2) is 3.29. The van der Waals surface area contributed by atoms with Gasteiger partial charge in [-0.3, -0.25) is 4.79 Å². The molecule has 0 N–H and O–H groups in total. The lowest BCUT2D eigenvalue weighted by atomic mass is 9.39. The predicted octanol–water partition coefficient (Wildman–Crippen LogP) is 4.84. The van der Waals surface area contributed by atoms with E-state index in [0.29, 0.717) is 22.5 Å². The van der Waals surface area contributed by atoms with Gasteiger partial charge in [0.1, 0.15) is 5.78 Å². The second-order valence-electron chi connectivity index (χ2n) is 10.5. The van der Waals surface area contributed by atoms with Gasteiger partial charge in [-0.2, -0.15) is 0 Å². The summed E-state index contributed by atoms with van der Waals surface area (Å²) in [6.07, 6.45) is 9.33. The minimum atomic E-state index is -0.0674. The molecule has 0 aromatic heterocycles. The zero-order valence-corrected chi connectivity index (χ0v) is 14.2. The molecule has 0 saturated heterocycles. The molecule has 1 spiro atoms. The van der Waals surface area contributed by atoms with E-state index >= 15 is 0 Å². The van der Waals surface area contributed by atoms with Gasteiger partial charge < -0.3 is 0 Å². The van der Waals surface area contributed by atoms with Gasteiger partial charge in [-0.25, -0.2) is 0 Å². The van der Waals surface area contributed by atoms with E-state index in [1.165, 1.54) is 38.5 Å². The van der Waals surface area contributed by atoms with Crippen molar-refractivity contribution in [3.8, 4) is 0 Å². The third kappa shape index (κ3) is 1.23. The zero-order chi connectivity index (χ0) is 14.8. The Kier molecular flexibility index (Phi) is 2.06. The Morgan fingerprint density at radius 2 is 1.71 bits per heavy atom. The van der Waals surface area contributed by atoms with Crippen LogP contribution in [0.5, 0.6) is 0 Å². The first-order valence-corrected chi connectivity index (χ1v) is 9.27. The highest BCUT2D eigenvalue weighted by atomic mass is 16.1. The quantitative estimate of drug-likeness (QED) is 0.622. The zero-order valence-electron chi connectivity index (χ0n) is 14.2. The molecule has 0 heterocycles. The van der Waals surface area contributed by atoms with Crippen LogP contribution in [0, 0.1) is 45.3 Å². The lowest BCUT2D eigenvalue weighted by Crippen LogP contribution is -2.59. The molecule has 6 aliphatic carbocycles. The first kappa shape index (κ1) is 13.1. The minimum Gasteiger partial charge on any atom is -0.299 e. The number of Topliss-reactive ketones (excluding diaryl/α,β-unsaturated/α-hetero) is 1. The van der Waals surface area contributed by atoms with Crippen LogP contribution in [0.15, 0.2) is 0 Å². The SMILES string of the molecule is CC1(C)C(=O)CC[C@]2(C)[C@@H]1CC[C@@]13C[C@H]4[C@@H](C[C@H]12)[C@@]4(C)C3. The Balaban J connectivity index is 1.57.